The summed E-state index contributed by atoms with van der Waals surface area (Å²) in [6.45, 7) is 5.75. The lowest BCUT2D eigenvalue weighted by atomic mass is 9.32. The van der Waals surface area contributed by atoms with E-state index < -0.39 is 11.0 Å². The minimum atomic E-state index is -0.885. The molecular weight excluding hydrogens is 454 g/mol. The number of aliphatic hydroxyl groups excluding tert-OH is 2. The molecule has 0 aliphatic heterocycles. The Bertz CT molecular complexity index is 1110. The van der Waals surface area contributed by atoms with Gasteiger partial charge in [0.15, 0.2) is 5.76 Å². The Labute approximate surface area is 214 Å². The Morgan fingerprint density at radius 1 is 1.11 bits per heavy atom. The Morgan fingerprint density at radius 2 is 1.83 bits per heavy atom. The van der Waals surface area contributed by atoms with Gasteiger partial charge in [-0.2, -0.15) is 0 Å². The molecule has 36 heavy (non-hydrogen) atoms. The molecule has 3 fully saturated rings. The fourth-order valence-electron chi connectivity index (χ4n) is 9.83. The zero-order chi connectivity index (χ0) is 25.6. The normalized spacial score (nSPS) is 46.9. The summed E-state index contributed by atoms with van der Waals surface area (Å²) in [6.07, 6.45) is 13.9. The van der Waals surface area contributed by atoms with E-state index in [1.807, 2.05) is 11.9 Å². The van der Waals surface area contributed by atoms with Crippen LogP contribution in [0.15, 0.2) is 46.6 Å². The molecule has 8 atom stereocenters. The zero-order valence-corrected chi connectivity index (χ0v) is 21.9. The molecule has 1 heterocycles. The van der Waals surface area contributed by atoms with Crippen LogP contribution < -0.4 is 0 Å². The number of hydrogen-bond acceptors (Lipinski definition) is 6. The molecule has 6 heteroatoms. The first-order valence-electron chi connectivity index (χ1n) is 13.8. The molecule has 0 saturated heterocycles. The maximum atomic E-state index is 14.1. The van der Waals surface area contributed by atoms with Gasteiger partial charge in [-0.25, -0.2) is 0 Å². The SMILES string of the molecule is CN(CCO)CC1(O)CCC2C34C=CC5(C=C3C(=O)c3ccco3)CC(O)CCC5(C)C4CCC21C. The van der Waals surface area contributed by atoms with Crippen molar-refractivity contribution in [2.75, 3.05) is 26.7 Å². The number of carbonyl (C=O) groups is 1. The van der Waals surface area contributed by atoms with Crippen molar-refractivity contribution in [2.45, 2.75) is 70.5 Å². The molecule has 196 valence electrons. The third kappa shape index (κ3) is 2.90. The molecule has 7 rings (SSSR count). The molecule has 6 aliphatic rings. The van der Waals surface area contributed by atoms with E-state index in [0.29, 0.717) is 31.7 Å². The third-order valence-electron chi connectivity index (χ3n) is 11.7. The van der Waals surface area contributed by atoms with Crippen molar-refractivity contribution in [1.82, 2.24) is 4.90 Å². The standard InChI is InChI=1S/C30H41NO5/c1-26-9-6-20(33)17-28(26)12-13-30(21(18-28)25(34)22-5-4-16-36-22)23(26)7-10-27(2)24(30)8-11-29(27,35)19-31(3)14-15-32/h4-5,12-13,16,18,20,23-24,32-33,35H,6-11,14-15,17,19H2,1-3H3. The van der Waals surface area contributed by atoms with Gasteiger partial charge in [0.25, 0.3) is 0 Å². The smallest absolute Gasteiger partial charge is 0.224 e. The lowest BCUT2D eigenvalue weighted by Crippen LogP contribution is -2.67. The number of nitrogens with zero attached hydrogens (tertiary/aromatic N) is 1. The largest absolute Gasteiger partial charge is 0.461 e. The summed E-state index contributed by atoms with van der Waals surface area (Å²) in [4.78, 5) is 16.2. The molecule has 3 N–H and O–H groups in total. The highest BCUT2D eigenvalue weighted by Gasteiger charge is 2.74. The second-order valence-electron chi connectivity index (χ2n) is 13.1. The Kier molecular flexibility index (Phi) is 5.39. The van der Waals surface area contributed by atoms with Crippen molar-refractivity contribution < 1.29 is 24.5 Å². The van der Waals surface area contributed by atoms with Gasteiger partial charge < -0.3 is 24.6 Å². The highest BCUT2D eigenvalue weighted by molar-refractivity contribution is 6.08. The minimum absolute atomic E-state index is 0.0381. The van der Waals surface area contributed by atoms with Crippen LogP contribution in [-0.4, -0.2) is 64.5 Å². The van der Waals surface area contributed by atoms with Crippen LogP contribution in [0.5, 0.6) is 0 Å². The van der Waals surface area contributed by atoms with Gasteiger partial charge in [-0.1, -0.05) is 32.1 Å². The number of fused-ring (bicyclic) bond motifs is 1. The third-order valence-corrected chi connectivity index (χ3v) is 11.7. The van der Waals surface area contributed by atoms with Crippen molar-refractivity contribution in [3.05, 3.63) is 48.0 Å². The molecule has 0 radical (unpaired) electrons. The number of furan rings is 1. The topological polar surface area (TPSA) is 94.1 Å². The summed E-state index contributed by atoms with van der Waals surface area (Å²) in [5, 5.41) is 32.4. The van der Waals surface area contributed by atoms with E-state index in [-0.39, 0.29) is 46.6 Å². The van der Waals surface area contributed by atoms with Crippen molar-refractivity contribution >= 4 is 5.78 Å². The zero-order valence-electron chi connectivity index (χ0n) is 21.9. The van der Waals surface area contributed by atoms with E-state index in [0.717, 1.165) is 37.7 Å². The molecule has 0 aromatic carbocycles. The predicted molar refractivity (Wildman–Crippen MR) is 136 cm³/mol. The summed E-state index contributed by atoms with van der Waals surface area (Å²) < 4.78 is 5.63. The van der Waals surface area contributed by atoms with Crippen molar-refractivity contribution in [3.8, 4) is 0 Å². The first kappa shape index (κ1) is 24.6. The molecule has 8 unspecified atom stereocenters. The molecule has 2 bridgehead atoms. The van der Waals surface area contributed by atoms with Crippen LogP contribution in [0.4, 0.5) is 0 Å². The maximum Gasteiger partial charge on any atom is 0.224 e. The number of allylic oxidation sites excluding steroid dienone is 4. The summed E-state index contributed by atoms with van der Waals surface area (Å²) in [7, 11) is 1.96. The van der Waals surface area contributed by atoms with Crippen LogP contribution in [0.2, 0.25) is 0 Å². The molecular formula is C30H41NO5. The van der Waals surface area contributed by atoms with Gasteiger partial charge in [0, 0.05) is 34.9 Å². The second-order valence-corrected chi connectivity index (χ2v) is 13.1. The van der Waals surface area contributed by atoms with E-state index in [1.54, 1.807) is 18.4 Å². The van der Waals surface area contributed by atoms with E-state index in [9.17, 15) is 20.1 Å². The van der Waals surface area contributed by atoms with Crippen LogP contribution in [0, 0.1) is 33.5 Å². The van der Waals surface area contributed by atoms with E-state index >= 15 is 0 Å². The van der Waals surface area contributed by atoms with Crippen LogP contribution >= 0.6 is 0 Å². The lowest BCUT2D eigenvalue weighted by Gasteiger charge is -2.71. The molecule has 1 aromatic heterocycles. The summed E-state index contributed by atoms with van der Waals surface area (Å²) >= 11 is 0. The van der Waals surface area contributed by atoms with Gasteiger partial charge in [-0.3, -0.25) is 4.79 Å². The number of aliphatic hydroxyl groups is 3. The van der Waals surface area contributed by atoms with Gasteiger partial charge in [0.05, 0.1) is 24.6 Å². The summed E-state index contributed by atoms with van der Waals surface area (Å²) in [5.41, 5.74) is -1.26. The minimum Gasteiger partial charge on any atom is -0.461 e. The number of Topliss-reactive ketones (excluding diaryl/α,β-unsaturated/α-hetero) is 1. The first-order valence-corrected chi connectivity index (χ1v) is 13.8. The fraction of sp³-hybridized carbons (Fsp3) is 0.700. The van der Waals surface area contributed by atoms with Crippen LogP contribution in [0.25, 0.3) is 0 Å². The van der Waals surface area contributed by atoms with Crippen LogP contribution in [0.3, 0.4) is 0 Å². The Balaban J connectivity index is 1.51. The van der Waals surface area contributed by atoms with Gasteiger partial charge >= 0.3 is 0 Å². The molecule has 6 aliphatic carbocycles. The number of likely N-dealkylation sites (N-methyl/N-ethyl adjacent to an activating group) is 1. The highest BCUT2D eigenvalue weighted by atomic mass is 16.3. The van der Waals surface area contributed by atoms with E-state index in [1.165, 1.54) is 0 Å². The van der Waals surface area contributed by atoms with Gasteiger partial charge in [-0.15, -0.1) is 0 Å². The quantitative estimate of drug-likeness (QED) is 0.408. The summed E-state index contributed by atoms with van der Waals surface area (Å²) in [5.74, 6) is 0.720. The molecule has 2 spiro atoms. The molecule has 0 amide bonds. The average molecular weight is 496 g/mol. The molecule has 1 aromatic rings. The van der Waals surface area contributed by atoms with Gasteiger partial charge in [-0.05, 0) is 81.4 Å². The number of hydrogen-bond donors (Lipinski definition) is 3. The highest BCUT2D eigenvalue weighted by Crippen LogP contribution is 2.78. The lowest BCUT2D eigenvalue weighted by molar-refractivity contribution is -0.175. The van der Waals surface area contributed by atoms with Gasteiger partial charge in [0.1, 0.15) is 0 Å². The predicted octanol–water partition coefficient (Wildman–Crippen LogP) is 3.98. The number of ketones is 1. The number of carbonyl (C=O) groups excluding carboxylic acids is 1. The molecule has 3 saturated carbocycles. The Morgan fingerprint density at radius 3 is 2.56 bits per heavy atom. The van der Waals surface area contributed by atoms with Crippen molar-refractivity contribution in [1.29, 1.82) is 0 Å². The number of rotatable bonds is 6. The van der Waals surface area contributed by atoms with Crippen LogP contribution in [-0.2, 0) is 0 Å². The fourth-order valence-corrected chi connectivity index (χ4v) is 9.83. The van der Waals surface area contributed by atoms with E-state index in [4.69, 9.17) is 4.42 Å². The summed E-state index contributed by atoms with van der Waals surface area (Å²) in [6, 6.07) is 3.52. The van der Waals surface area contributed by atoms with Gasteiger partial charge in [0.2, 0.25) is 5.78 Å². The first-order chi connectivity index (χ1) is 17.1. The van der Waals surface area contributed by atoms with Crippen molar-refractivity contribution in [2.24, 2.45) is 33.5 Å². The maximum absolute atomic E-state index is 14.1. The van der Waals surface area contributed by atoms with Crippen LogP contribution in [0.1, 0.15) is 69.3 Å². The Hall–Kier alpha value is -1.73. The second kappa shape index (κ2) is 7.89. The molecule has 6 nitrogen and oxygen atoms in total. The average Bonchev–Trinajstić information content (AvgIpc) is 3.45. The van der Waals surface area contributed by atoms with Crippen molar-refractivity contribution in [3.63, 3.8) is 0 Å². The van der Waals surface area contributed by atoms with E-state index in [2.05, 4.69) is 32.1 Å². The monoisotopic (exact) mass is 495 g/mol.